The van der Waals surface area contributed by atoms with Gasteiger partial charge in [-0.05, 0) is 24.3 Å². The van der Waals surface area contributed by atoms with Gasteiger partial charge in [0.2, 0.25) is 0 Å². The van der Waals surface area contributed by atoms with Gasteiger partial charge in [0.1, 0.15) is 17.1 Å². The van der Waals surface area contributed by atoms with Crippen molar-refractivity contribution in [3.05, 3.63) is 42.4 Å². The Bertz CT molecular complexity index is 724. The van der Waals surface area contributed by atoms with Crippen molar-refractivity contribution in [3.8, 4) is 11.3 Å². The Kier molecular flexibility index (Phi) is 3.25. The standard InChI is InChI=1S/C12H9N3O2.C3H6/c13-12-9(7-16)15-6-8(3-4-11(15)14-12)10-2-1-5-17-10;1-2-3-1/h1-7H,13H2;1-3H2. The molecule has 0 amide bonds. The Morgan fingerprint density at radius 2 is 2.05 bits per heavy atom. The van der Waals surface area contributed by atoms with E-state index in [0.717, 1.165) is 11.3 Å². The van der Waals surface area contributed by atoms with Crippen LogP contribution < -0.4 is 5.73 Å². The van der Waals surface area contributed by atoms with E-state index in [0.29, 0.717) is 17.6 Å². The minimum Gasteiger partial charge on any atom is -0.464 e. The smallest absolute Gasteiger partial charge is 0.170 e. The third-order valence-electron chi connectivity index (χ3n) is 2.95. The summed E-state index contributed by atoms with van der Waals surface area (Å²) in [5.41, 5.74) is 7.50. The molecule has 5 heteroatoms. The molecule has 0 saturated heterocycles. The molecule has 3 aromatic heterocycles. The summed E-state index contributed by atoms with van der Waals surface area (Å²) in [6.45, 7) is 0. The Morgan fingerprint density at radius 1 is 1.25 bits per heavy atom. The molecule has 102 valence electrons. The van der Waals surface area contributed by atoms with Gasteiger partial charge >= 0.3 is 0 Å². The molecule has 20 heavy (non-hydrogen) atoms. The Balaban J connectivity index is 0.000000358. The van der Waals surface area contributed by atoms with Crippen LogP contribution in [0.4, 0.5) is 5.82 Å². The van der Waals surface area contributed by atoms with Crippen LogP contribution in [-0.2, 0) is 0 Å². The molecular weight excluding hydrogens is 254 g/mol. The average molecular weight is 269 g/mol. The SMILES string of the molecule is C1CC1.Nc1nc2ccc(-c3ccco3)cn2c1C=O. The number of fused-ring (bicyclic) bond motifs is 1. The zero-order chi connectivity index (χ0) is 13.9. The van der Waals surface area contributed by atoms with E-state index in [4.69, 9.17) is 10.2 Å². The maximum Gasteiger partial charge on any atom is 0.170 e. The van der Waals surface area contributed by atoms with Crippen LogP contribution in [0, 0.1) is 0 Å². The van der Waals surface area contributed by atoms with Gasteiger partial charge in [0, 0.05) is 11.8 Å². The molecular formula is C15H15N3O2. The molecule has 0 bridgehead atoms. The van der Waals surface area contributed by atoms with Gasteiger partial charge in [0.05, 0.1) is 6.26 Å². The summed E-state index contributed by atoms with van der Waals surface area (Å²) in [4.78, 5) is 15.0. The van der Waals surface area contributed by atoms with Crippen LogP contribution in [0.25, 0.3) is 17.0 Å². The summed E-state index contributed by atoms with van der Waals surface area (Å²) < 4.78 is 6.95. The molecule has 3 heterocycles. The summed E-state index contributed by atoms with van der Waals surface area (Å²) in [6.07, 6.45) is 8.57. The second kappa shape index (κ2) is 5.21. The first kappa shape index (κ1) is 12.5. The number of rotatable bonds is 2. The first-order valence-corrected chi connectivity index (χ1v) is 6.56. The summed E-state index contributed by atoms with van der Waals surface area (Å²) in [7, 11) is 0. The number of furan rings is 1. The Labute approximate surface area is 116 Å². The van der Waals surface area contributed by atoms with Crippen LogP contribution in [0.2, 0.25) is 0 Å². The predicted molar refractivity (Wildman–Crippen MR) is 76.5 cm³/mol. The van der Waals surface area contributed by atoms with Crippen molar-refractivity contribution in [2.45, 2.75) is 19.3 Å². The lowest BCUT2D eigenvalue weighted by Gasteiger charge is -1.99. The van der Waals surface area contributed by atoms with Gasteiger partial charge < -0.3 is 10.2 Å². The maximum atomic E-state index is 10.9. The molecule has 1 fully saturated rings. The Hall–Kier alpha value is -2.56. The van der Waals surface area contributed by atoms with Crippen LogP contribution in [0.3, 0.4) is 0 Å². The van der Waals surface area contributed by atoms with Gasteiger partial charge in [-0.15, -0.1) is 0 Å². The van der Waals surface area contributed by atoms with Crippen molar-refractivity contribution in [1.29, 1.82) is 0 Å². The number of aldehydes is 1. The second-order valence-electron chi connectivity index (χ2n) is 4.68. The Morgan fingerprint density at radius 3 is 2.65 bits per heavy atom. The number of anilines is 1. The van der Waals surface area contributed by atoms with Crippen molar-refractivity contribution in [3.63, 3.8) is 0 Å². The second-order valence-corrected chi connectivity index (χ2v) is 4.68. The summed E-state index contributed by atoms with van der Waals surface area (Å²) >= 11 is 0. The normalized spacial score (nSPS) is 12.8. The lowest BCUT2D eigenvalue weighted by atomic mass is 10.2. The number of nitrogen functional groups attached to an aromatic ring is 1. The first-order valence-electron chi connectivity index (χ1n) is 6.56. The third kappa shape index (κ3) is 2.42. The van der Waals surface area contributed by atoms with Crippen molar-refractivity contribution < 1.29 is 9.21 Å². The predicted octanol–water partition coefficient (Wildman–Crippen LogP) is 3.16. The number of hydrogen-bond acceptors (Lipinski definition) is 4. The van der Waals surface area contributed by atoms with Gasteiger partial charge in [-0.25, -0.2) is 4.98 Å². The number of nitrogens with zero attached hydrogens (tertiary/aromatic N) is 2. The molecule has 0 atom stereocenters. The molecule has 0 aliphatic heterocycles. The van der Waals surface area contributed by atoms with Gasteiger partial charge in [-0.3, -0.25) is 9.20 Å². The monoisotopic (exact) mass is 269 g/mol. The third-order valence-corrected chi connectivity index (χ3v) is 2.95. The molecule has 5 nitrogen and oxygen atoms in total. The van der Waals surface area contributed by atoms with Gasteiger partial charge in [0.25, 0.3) is 0 Å². The molecule has 0 aromatic carbocycles. The van der Waals surface area contributed by atoms with E-state index in [2.05, 4.69) is 4.98 Å². The van der Waals surface area contributed by atoms with E-state index in [1.54, 1.807) is 22.9 Å². The minimum absolute atomic E-state index is 0.233. The van der Waals surface area contributed by atoms with Crippen LogP contribution in [-0.4, -0.2) is 15.7 Å². The number of carbonyl (C=O) groups is 1. The molecule has 1 aliphatic carbocycles. The van der Waals surface area contributed by atoms with Crippen molar-refractivity contribution in [2.24, 2.45) is 0 Å². The summed E-state index contributed by atoms with van der Waals surface area (Å²) in [5, 5.41) is 0. The maximum absolute atomic E-state index is 10.9. The summed E-state index contributed by atoms with van der Waals surface area (Å²) in [6, 6.07) is 7.32. The molecule has 1 saturated carbocycles. The largest absolute Gasteiger partial charge is 0.464 e. The van der Waals surface area contributed by atoms with Crippen molar-refractivity contribution in [1.82, 2.24) is 9.38 Å². The lowest BCUT2D eigenvalue weighted by Crippen LogP contribution is -1.94. The highest BCUT2D eigenvalue weighted by molar-refractivity contribution is 5.82. The van der Waals surface area contributed by atoms with Crippen molar-refractivity contribution in [2.75, 3.05) is 5.73 Å². The zero-order valence-electron chi connectivity index (χ0n) is 11.0. The van der Waals surface area contributed by atoms with E-state index in [1.807, 2.05) is 18.2 Å². The number of hydrogen-bond donors (Lipinski definition) is 1. The van der Waals surface area contributed by atoms with Gasteiger partial charge in [0.15, 0.2) is 12.1 Å². The highest BCUT2D eigenvalue weighted by Gasteiger charge is 2.10. The number of imidazole rings is 1. The fourth-order valence-corrected chi connectivity index (χ4v) is 1.79. The number of aromatic nitrogens is 2. The van der Waals surface area contributed by atoms with Gasteiger partial charge in [-0.2, -0.15) is 0 Å². The minimum atomic E-state index is 0.233. The first-order chi connectivity index (χ1) is 9.79. The zero-order valence-corrected chi connectivity index (χ0v) is 11.0. The van der Waals surface area contributed by atoms with E-state index in [1.165, 1.54) is 19.3 Å². The average Bonchev–Trinajstić information content (AvgIpc) is 3.17. The van der Waals surface area contributed by atoms with E-state index < -0.39 is 0 Å². The number of nitrogens with two attached hydrogens (primary N) is 1. The molecule has 4 rings (SSSR count). The molecule has 0 radical (unpaired) electrons. The topological polar surface area (TPSA) is 73.5 Å². The van der Waals surface area contributed by atoms with Gasteiger partial charge in [-0.1, -0.05) is 19.3 Å². The lowest BCUT2D eigenvalue weighted by molar-refractivity contribution is 0.111. The highest BCUT2D eigenvalue weighted by atomic mass is 16.3. The van der Waals surface area contributed by atoms with Crippen molar-refractivity contribution >= 4 is 17.8 Å². The fourth-order valence-electron chi connectivity index (χ4n) is 1.79. The van der Waals surface area contributed by atoms with E-state index in [9.17, 15) is 4.79 Å². The molecule has 0 spiro atoms. The summed E-state index contributed by atoms with van der Waals surface area (Å²) in [5.74, 6) is 0.965. The van der Waals surface area contributed by atoms with Crippen LogP contribution in [0.5, 0.6) is 0 Å². The van der Waals surface area contributed by atoms with Crippen LogP contribution in [0.1, 0.15) is 29.8 Å². The van der Waals surface area contributed by atoms with E-state index in [-0.39, 0.29) is 5.82 Å². The number of carbonyl (C=O) groups excluding carboxylic acids is 1. The van der Waals surface area contributed by atoms with Crippen LogP contribution in [0.15, 0.2) is 41.1 Å². The molecule has 0 unspecified atom stereocenters. The molecule has 3 aromatic rings. The highest BCUT2D eigenvalue weighted by Crippen LogP contribution is 2.22. The molecule has 1 aliphatic rings. The fraction of sp³-hybridized carbons (Fsp3) is 0.200. The van der Waals surface area contributed by atoms with E-state index >= 15 is 0 Å². The number of pyridine rings is 1. The quantitative estimate of drug-likeness (QED) is 0.725. The molecule has 2 N–H and O–H groups in total. The van der Waals surface area contributed by atoms with Crippen LogP contribution >= 0.6 is 0 Å².